The molecule has 1 aliphatic heterocycles. The summed E-state index contributed by atoms with van der Waals surface area (Å²) >= 11 is 0. The minimum Gasteiger partial charge on any atom is -0.363 e. The van der Waals surface area contributed by atoms with Gasteiger partial charge in [0.25, 0.3) is 0 Å². The van der Waals surface area contributed by atoms with Gasteiger partial charge in [0.15, 0.2) is 0 Å². The van der Waals surface area contributed by atoms with Gasteiger partial charge >= 0.3 is 0 Å². The van der Waals surface area contributed by atoms with Crippen molar-refractivity contribution >= 4 is 13.7 Å². The summed E-state index contributed by atoms with van der Waals surface area (Å²) in [5.41, 5.74) is 0. The van der Waals surface area contributed by atoms with E-state index < -0.39 is 0 Å². The Balaban J connectivity index is 2.16. The van der Waals surface area contributed by atoms with E-state index in [-0.39, 0.29) is 5.31 Å². The highest BCUT2D eigenvalue weighted by Crippen LogP contribution is 2.45. The van der Waals surface area contributed by atoms with Gasteiger partial charge in [0.1, 0.15) is 5.84 Å². The first-order valence-corrected chi connectivity index (χ1v) is 6.50. The monoisotopic (exact) mass is 218 g/mol. The van der Waals surface area contributed by atoms with Crippen LogP contribution in [0.15, 0.2) is 4.99 Å². The van der Waals surface area contributed by atoms with Gasteiger partial charge < -0.3 is 4.90 Å². The molecular formula is C13H23BN2. The van der Waals surface area contributed by atoms with Crippen LogP contribution in [0.2, 0.25) is 5.31 Å². The number of nitrogens with zero attached hydrogens (tertiary/aromatic N) is 2. The molecule has 3 unspecified atom stereocenters. The Labute approximate surface area is 101 Å². The molecule has 2 fully saturated rings. The Kier molecular flexibility index (Phi) is 3.32. The van der Waals surface area contributed by atoms with E-state index in [0.717, 1.165) is 18.9 Å². The second-order valence-corrected chi connectivity index (χ2v) is 5.89. The number of likely N-dealkylation sites (tertiary alicyclic amines) is 1. The molecule has 1 heterocycles. The first-order chi connectivity index (χ1) is 7.53. The summed E-state index contributed by atoms with van der Waals surface area (Å²) in [6.45, 7) is 3.37. The van der Waals surface area contributed by atoms with Crippen molar-refractivity contribution in [1.29, 1.82) is 0 Å². The van der Waals surface area contributed by atoms with Gasteiger partial charge in [-0.1, -0.05) is 25.1 Å². The fourth-order valence-electron chi connectivity index (χ4n) is 3.34. The second kappa shape index (κ2) is 4.42. The van der Waals surface area contributed by atoms with Crippen LogP contribution in [0.5, 0.6) is 0 Å². The minimum atomic E-state index is 0.0504. The molecule has 0 N–H and O–H groups in total. The fraction of sp³-hybridized carbons (Fsp3) is 0.923. The van der Waals surface area contributed by atoms with Crippen LogP contribution in [-0.2, 0) is 0 Å². The van der Waals surface area contributed by atoms with Crippen LogP contribution < -0.4 is 0 Å². The third kappa shape index (κ3) is 2.28. The lowest BCUT2D eigenvalue weighted by Gasteiger charge is -2.38. The van der Waals surface area contributed by atoms with Crippen LogP contribution in [0.3, 0.4) is 0 Å². The van der Waals surface area contributed by atoms with E-state index in [0.29, 0.717) is 5.92 Å². The Morgan fingerprint density at radius 3 is 2.69 bits per heavy atom. The average Bonchev–Trinajstić information content (AvgIpc) is 2.38. The van der Waals surface area contributed by atoms with Crippen molar-refractivity contribution in [2.75, 3.05) is 20.6 Å². The molecule has 0 aromatic carbocycles. The topological polar surface area (TPSA) is 15.6 Å². The minimum absolute atomic E-state index is 0.0504. The molecule has 2 aliphatic rings. The van der Waals surface area contributed by atoms with Gasteiger partial charge in [-0.05, 0) is 25.2 Å². The highest BCUT2D eigenvalue weighted by atomic mass is 15.2. The standard InChI is InChI=1S/C13H23BN2/c1-13(14)7-4-10-6-9-16(3)12(15-2)11(10)5-8-13/h10-11H,4-9H2,1-3H3. The van der Waals surface area contributed by atoms with E-state index in [1.165, 1.54) is 31.5 Å². The van der Waals surface area contributed by atoms with Crippen molar-refractivity contribution in [2.45, 2.75) is 44.3 Å². The predicted octanol–water partition coefficient (Wildman–Crippen LogP) is 2.50. The average molecular weight is 218 g/mol. The highest BCUT2D eigenvalue weighted by Gasteiger charge is 2.37. The molecule has 2 nitrogen and oxygen atoms in total. The van der Waals surface area contributed by atoms with E-state index in [1.54, 1.807) is 0 Å². The zero-order chi connectivity index (χ0) is 11.8. The van der Waals surface area contributed by atoms with Gasteiger partial charge in [-0.2, -0.15) is 0 Å². The summed E-state index contributed by atoms with van der Waals surface area (Å²) in [7, 11) is 10.4. The van der Waals surface area contributed by atoms with Gasteiger partial charge in [-0.25, -0.2) is 0 Å². The van der Waals surface area contributed by atoms with Crippen molar-refractivity contribution in [2.24, 2.45) is 16.8 Å². The van der Waals surface area contributed by atoms with Crippen molar-refractivity contribution in [3.63, 3.8) is 0 Å². The molecule has 88 valence electrons. The highest BCUT2D eigenvalue weighted by molar-refractivity contribution is 6.14. The van der Waals surface area contributed by atoms with E-state index in [9.17, 15) is 0 Å². The summed E-state index contributed by atoms with van der Waals surface area (Å²) in [6, 6.07) is 0. The van der Waals surface area contributed by atoms with Gasteiger partial charge in [0.2, 0.25) is 0 Å². The Bertz CT molecular complexity index is 286. The molecule has 1 aliphatic carbocycles. The molecule has 1 saturated carbocycles. The van der Waals surface area contributed by atoms with Gasteiger partial charge in [0, 0.05) is 26.6 Å². The Hall–Kier alpha value is -0.465. The molecule has 3 heteroatoms. The quantitative estimate of drug-likeness (QED) is 0.570. The Morgan fingerprint density at radius 1 is 1.31 bits per heavy atom. The van der Waals surface area contributed by atoms with Gasteiger partial charge in [0.05, 0.1) is 7.85 Å². The second-order valence-electron chi connectivity index (χ2n) is 5.89. The SMILES string of the molecule is [B]C1(C)CCC2CCN(C)C(=NC)C2CC1. The Morgan fingerprint density at radius 2 is 2.00 bits per heavy atom. The summed E-state index contributed by atoms with van der Waals surface area (Å²) in [5.74, 6) is 2.79. The normalized spacial score (nSPS) is 42.9. The molecule has 2 radical (unpaired) electrons. The summed E-state index contributed by atoms with van der Waals surface area (Å²) < 4.78 is 0. The smallest absolute Gasteiger partial charge is 0.102 e. The molecule has 0 aromatic heterocycles. The fourth-order valence-corrected chi connectivity index (χ4v) is 3.34. The van der Waals surface area contributed by atoms with E-state index in [1.807, 2.05) is 7.05 Å². The molecule has 16 heavy (non-hydrogen) atoms. The lowest BCUT2D eigenvalue weighted by atomic mass is 9.65. The van der Waals surface area contributed by atoms with Crippen LogP contribution in [0, 0.1) is 11.8 Å². The molecule has 0 spiro atoms. The van der Waals surface area contributed by atoms with Gasteiger partial charge in [-0.15, -0.1) is 0 Å². The zero-order valence-corrected chi connectivity index (χ0v) is 10.9. The number of rotatable bonds is 0. The van der Waals surface area contributed by atoms with Crippen LogP contribution in [-0.4, -0.2) is 39.2 Å². The number of amidine groups is 1. The van der Waals surface area contributed by atoms with Crippen molar-refractivity contribution in [3.8, 4) is 0 Å². The molecule has 0 amide bonds. The number of piperidine rings is 1. The first-order valence-electron chi connectivity index (χ1n) is 6.50. The largest absolute Gasteiger partial charge is 0.363 e. The van der Waals surface area contributed by atoms with Crippen LogP contribution in [0.1, 0.15) is 39.0 Å². The van der Waals surface area contributed by atoms with Crippen LogP contribution >= 0.6 is 0 Å². The third-order valence-electron chi connectivity index (χ3n) is 4.47. The molecule has 1 saturated heterocycles. The maximum atomic E-state index is 6.30. The first kappa shape index (κ1) is 12.0. The molecular weight excluding hydrogens is 195 g/mol. The summed E-state index contributed by atoms with van der Waals surface area (Å²) in [6.07, 6.45) is 6.13. The molecule has 0 bridgehead atoms. The molecule has 3 atom stereocenters. The molecule has 0 aromatic rings. The van der Waals surface area contributed by atoms with E-state index in [4.69, 9.17) is 7.85 Å². The summed E-state index contributed by atoms with van der Waals surface area (Å²) in [5, 5.41) is 0.0504. The maximum absolute atomic E-state index is 6.30. The third-order valence-corrected chi connectivity index (χ3v) is 4.47. The van der Waals surface area contributed by atoms with Crippen LogP contribution in [0.4, 0.5) is 0 Å². The van der Waals surface area contributed by atoms with Crippen molar-refractivity contribution < 1.29 is 0 Å². The number of fused-ring (bicyclic) bond motifs is 1. The predicted molar refractivity (Wildman–Crippen MR) is 70.2 cm³/mol. The maximum Gasteiger partial charge on any atom is 0.102 e. The zero-order valence-electron chi connectivity index (χ0n) is 10.9. The van der Waals surface area contributed by atoms with Gasteiger partial charge in [-0.3, -0.25) is 4.99 Å². The number of aliphatic imine (C=N–C) groups is 1. The lowest BCUT2D eigenvalue weighted by Crippen LogP contribution is -2.43. The van der Waals surface area contributed by atoms with E-state index >= 15 is 0 Å². The van der Waals surface area contributed by atoms with Crippen molar-refractivity contribution in [3.05, 3.63) is 0 Å². The van der Waals surface area contributed by atoms with Crippen LogP contribution in [0.25, 0.3) is 0 Å². The molecule has 2 rings (SSSR count). The van der Waals surface area contributed by atoms with Crippen molar-refractivity contribution in [1.82, 2.24) is 4.90 Å². The number of hydrogen-bond donors (Lipinski definition) is 0. The summed E-state index contributed by atoms with van der Waals surface area (Å²) in [4.78, 5) is 6.84. The lowest BCUT2D eigenvalue weighted by molar-refractivity contribution is 0.266. The van der Waals surface area contributed by atoms with E-state index in [2.05, 4.69) is 23.9 Å². The number of hydrogen-bond acceptors (Lipinski definition) is 1.